The number of benzene rings is 2. The molecule has 2 unspecified atom stereocenters. The Morgan fingerprint density at radius 2 is 1.58 bits per heavy atom. The molecule has 0 spiro atoms. The summed E-state index contributed by atoms with van der Waals surface area (Å²) in [7, 11) is 0. The molecule has 10 heteroatoms. The standard InChI is InChI=1S/C21H18F3NO6/c1-20(17(26)27)10-25(19(30)31-9-12-5-3-2-4-6-12)11-21(20,18(28)29)15-13(22)7-8-14(23)16(15)24/h2-8H,9-11H2,1H3,(H,26,27)(H,28,29). The maximum Gasteiger partial charge on any atom is 0.410 e. The topological polar surface area (TPSA) is 104 Å². The van der Waals surface area contributed by atoms with Gasteiger partial charge in [-0.05, 0) is 24.6 Å². The Morgan fingerprint density at radius 3 is 2.16 bits per heavy atom. The molecule has 2 aromatic carbocycles. The lowest BCUT2D eigenvalue weighted by Gasteiger charge is -2.36. The SMILES string of the molecule is CC1(C(=O)O)CN(C(=O)OCc2ccccc2)CC1(C(=O)O)c1c(F)ccc(F)c1F. The number of carbonyl (C=O) groups is 3. The molecule has 31 heavy (non-hydrogen) atoms. The first kappa shape index (κ1) is 22.1. The van der Waals surface area contributed by atoms with E-state index in [-0.39, 0.29) is 6.61 Å². The smallest absolute Gasteiger partial charge is 0.410 e. The summed E-state index contributed by atoms with van der Waals surface area (Å²) >= 11 is 0. The minimum Gasteiger partial charge on any atom is -0.481 e. The number of nitrogens with zero attached hydrogens (tertiary/aromatic N) is 1. The molecule has 0 radical (unpaired) electrons. The maximum atomic E-state index is 14.6. The molecule has 1 aliphatic heterocycles. The Morgan fingerprint density at radius 1 is 0.968 bits per heavy atom. The van der Waals surface area contributed by atoms with E-state index < -0.39 is 65.0 Å². The molecular weight excluding hydrogens is 419 g/mol. The van der Waals surface area contributed by atoms with Gasteiger partial charge in [0.15, 0.2) is 11.6 Å². The lowest BCUT2D eigenvalue weighted by molar-refractivity contribution is -0.161. The van der Waals surface area contributed by atoms with E-state index in [4.69, 9.17) is 4.74 Å². The van der Waals surface area contributed by atoms with Crippen LogP contribution in [0.4, 0.5) is 18.0 Å². The van der Waals surface area contributed by atoms with E-state index in [1.165, 1.54) is 0 Å². The Balaban J connectivity index is 2.05. The third-order valence-electron chi connectivity index (χ3n) is 5.65. The van der Waals surface area contributed by atoms with Crippen LogP contribution in [0.5, 0.6) is 0 Å². The number of aliphatic carboxylic acids is 2. The molecule has 0 bridgehead atoms. The van der Waals surface area contributed by atoms with Crippen LogP contribution in [0.2, 0.25) is 0 Å². The van der Waals surface area contributed by atoms with Gasteiger partial charge in [-0.3, -0.25) is 9.59 Å². The van der Waals surface area contributed by atoms with Crippen molar-refractivity contribution in [3.63, 3.8) is 0 Å². The van der Waals surface area contributed by atoms with E-state index in [1.807, 2.05) is 0 Å². The van der Waals surface area contributed by atoms with Crippen LogP contribution in [0.1, 0.15) is 18.1 Å². The molecule has 3 rings (SSSR count). The summed E-state index contributed by atoms with van der Waals surface area (Å²) in [5.41, 5.74) is -5.84. The molecule has 0 aromatic heterocycles. The number of hydrogen-bond acceptors (Lipinski definition) is 4. The van der Waals surface area contributed by atoms with Gasteiger partial charge >= 0.3 is 18.0 Å². The van der Waals surface area contributed by atoms with Crippen molar-refractivity contribution >= 4 is 18.0 Å². The molecular formula is C21H18F3NO6. The van der Waals surface area contributed by atoms with Gasteiger partial charge in [-0.25, -0.2) is 18.0 Å². The van der Waals surface area contributed by atoms with Crippen molar-refractivity contribution in [3.8, 4) is 0 Å². The summed E-state index contributed by atoms with van der Waals surface area (Å²) in [5, 5.41) is 19.7. The van der Waals surface area contributed by atoms with Gasteiger partial charge in [0.1, 0.15) is 23.3 Å². The van der Waals surface area contributed by atoms with Crippen molar-refractivity contribution in [2.75, 3.05) is 13.1 Å². The molecule has 1 aliphatic rings. The summed E-state index contributed by atoms with van der Waals surface area (Å²) in [6.07, 6.45) is -1.07. The molecule has 2 atom stereocenters. The van der Waals surface area contributed by atoms with Crippen molar-refractivity contribution < 1.29 is 42.5 Å². The van der Waals surface area contributed by atoms with Gasteiger partial charge in [0.05, 0.1) is 0 Å². The van der Waals surface area contributed by atoms with Crippen LogP contribution in [0.15, 0.2) is 42.5 Å². The van der Waals surface area contributed by atoms with E-state index in [1.54, 1.807) is 30.3 Å². The van der Waals surface area contributed by atoms with Crippen LogP contribution in [-0.2, 0) is 26.3 Å². The van der Waals surface area contributed by atoms with Crippen LogP contribution in [0, 0.1) is 22.9 Å². The minimum atomic E-state index is -2.80. The van der Waals surface area contributed by atoms with E-state index in [2.05, 4.69) is 0 Å². The van der Waals surface area contributed by atoms with E-state index in [0.717, 1.165) is 11.8 Å². The number of carbonyl (C=O) groups excluding carboxylic acids is 1. The molecule has 1 fully saturated rings. The maximum absolute atomic E-state index is 14.6. The summed E-state index contributed by atoms with van der Waals surface area (Å²) in [6, 6.07) is 9.44. The number of likely N-dealkylation sites (tertiary alicyclic amines) is 1. The normalized spacial score (nSPS) is 22.9. The first-order valence-electron chi connectivity index (χ1n) is 9.11. The minimum absolute atomic E-state index is 0.192. The van der Waals surface area contributed by atoms with Crippen LogP contribution in [0.3, 0.4) is 0 Å². The van der Waals surface area contributed by atoms with Crippen LogP contribution >= 0.6 is 0 Å². The zero-order valence-corrected chi connectivity index (χ0v) is 16.3. The molecule has 7 nitrogen and oxygen atoms in total. The molecule has 2 aromatic rings. The fourth-order valence-electron chi connectivity index (χ4n) is 3.91. The summed E-state index contributed by atoms with van der Waals surface area (Å²) < 4.78 is 48.2. The number of carboxylic acids is 2. The Hall–Kier alpha value is -3.56. The van der Waals surface area contributed by atoms with Crippen LogP contribution in [-0.4, -0.2) is 46.2 Å². The first-order valence-corrected chi connectivity index (χ1v) is 9.11. The Labute approximate surface area is 174 Å². The van der Waals surface area contributed by atoms with Crippen LogP contribution in [0.25, 0.3) is 0 Å². The van der Waals surface area contributed by atoms with Gasteiger partial charge < -0.3 is 19.8 Å². The highest BCUT2D eigenvalue weighted by Crippen LogP contribution is 2.50. The fourth-order valence-corrected chi connectivity index (χ4v) is 3.91. The van der Waals surface area contributed by atoms with Crippen molar-refractivity contribution in [3.05, 3.63) is 71.0 Å². The quantitative estimate of drug-likeness (QED) is 0.697. The summed E-state index contributed by atoms with van der Waals surface area (Å²) in [5.74, 6) is -8.45. The lowest BCUT2D eigenvalue weighted by atomic mass is 9.62. The van der Waals surface area contributed by atoms with Gasteiger partial charge in [-0.2, -0.15) is 0 Å². The zero-order chi connectivity index (χ0) is 23.0. The van der Waals surface area contributed by atoms with Gasteiger partial charge in [0.2, 0.25) is 0 Å². The molecule has 164 valence electrons. The predicted octanol–water partition coefficient (Wildman–Crippen LogP) is 3.17. The molecule has 0 aliphatic carbocycles. The molecule has 0 saturated carbocycles. The summed E-state index contributed by atoms with van der Waals surface area (Å²) in [6.45, 7) is -0.909. The average Bonchev–Trinajstić information content (AvgIpc) is 3.06. The highest BCUT2D eigenvalue weighted by molar-refractivity contribution is 5.94. The van der Waals surface area contributed by atoms with E-state index >= 15 is 0 Å². The van der Waals surface area contributed by atoms with Crippen molar-refractivity contribution in [1.82, 2.24) is 4.90 Å². The fraction of sp³-hybridized carbons (Fsp3) is 0.286. The molecule has 1 saturated heterocycles. The van der Waals surface area contributed by atoms with Gasteiger partial charge in [0, 0.05) is 18.7 Å². The number of halogens is 3. The molecule has 2 N–H and O–H groups in total. The van der Waals surface area contributed by atoms with E-state index in [9.17, 15) is 37.8 Å². The number of ether oxygens (including phenoxy) is 1. The van der Waals surface area contributed by atoms with Gasteiger partial charge in [-0.15, -0.1) is 0 Å². The first-order chi connectivity index (χ1) is 14.5. The summed E-state index contributed by atoms with van der Waals surface area (Å²) in [4.78, 5) is 37.7. The van der Waals surface area contributed by atoms with Crippen molar-refractivity contribution in [2.24, 2.45) is 5.41 Å². The Kier molecular flexibility index (Phi) is 5.66. The number of rotatable bonds is 5. The molecule has 1 heterocycles. The second kappa shape index (κ2) is 7.93. The largest absolute Gasteiger partial charge is 0.481 e. The van der Waals surface area contributed by atoms with Crippen LogP contribution < -0.4 is 0 Å². The average molecular weight is 437 g/mol. The van der Waals surface area contributed by atoms with Crippen molar-refractivity contribution in [2.45, 2.75) is 18.9 Å². The van der Waals surface area contributed by atoms with E-state index in [0.29, 0.717) is 17.7 Å². The monoisotopic (exact) mass is 437 g/mol. The number of carboxylic acid groups (broad SMARTS) is 2. The highest BCUT2D eigenvalue weighted by Gasteiger charge is 2.68. The molecule has 1 amide bonds. The Bertz CT molecular complexity index is 1050. The highest BCUT2D eigenvalue weighted by atomic mass is 19.2. The van der Waals surface area contributed by atoms with Gasteiger partial charge in [0.25, 0.3) is 0 Å². The number of amides is 1. The third-order valence-corrected chi connectivity index (χ3v) is 5.65. The lowest BCUT2D eigenvalue weighted by Crippen LogP contribution is -2.54. The predicted molar refractivity (Wildman–Crippen MR) is 99.6 cm³/mol. The zero-order valence-electron chi connectivity index (χ0n) is 16.3. The second-order valence-electron chi connectivity index (χ2n) is 7.46. The van der Waals surface area contributed by atoms with Gasteiger partial charge in [-0.1, -0.05) is 30.3 Å². The number of hydrogen-bond donors (Lipinski definition) is 2. The van der Waals surface area contributed by atoms with Crippen molar-refractivity contribution in [1.29, 1.82) is 0 Å². The third kappa shape index (κ3) is 3.47. The second-order valence-corrected chi connectivity index (χ2v) is 7.46.